The van der Waals surface area contributed by atoms with Gasteiger partial charge in [-0.05, 0) is 230 Å². The Balaban J connectivity index is 1.12. The molecule has 0 saturated carbocycles. The highest BCUT2D eigenvalue weighted by atomic mass is 32.2. The van der Waals surface area contributed by atoms with Crippen LogP contribution in [0.2, 0.25) is 0 Å². The number of amides is 6. The Morgan fingerprint density at radius 2 is 0.535 bits per heavy atom. The predicted molar refractivity (Wildman–Crippen MR) is 464 cm³/mol. The van der Waals surface area contributed by atoms with Crippen molar-refractivity contribution in [2.24, 2.45) is 0 Å². The van der Waals surface area contributed by atoms with E-state index in [-0.39, 0.29) is 92.5 Å². The molecule has 576 valence electrons. The largest absolute Gasteiger partial charge is 0.456 e. The molecule has 2 aliphatic heterocycles. The van der Waals surface area contributed by atoms with E-state index >= 15 is 28.8 Å². The van der Waals surface area contributed by atoms with Crippen LogP contribution in [0.3, 0.4) is 0 Å². The molecular formula is C98H92N4O10S2. The zero-order chi connectivity index (χ0) is 80.2. The Labute approximate surface area is 674 Å². The highest BCUT2D eigenvalue weighted by molar-refractivity contribution is 7.98. The summed E-state index contributed by atoms with van der Waals surface area (Å²) in [4.78, 5) is 106. The van der Waals surface area contributed by atoms with Crippen molar-refractivity contribution in [3.63, 3.8) is 0 Å². The van der Waals surface area contributed by atoms with Crippen LogP contribution >= 0.6 is 23.5 Å². The Kier molecular flexibility index (Phi) is 21.8. The molecule has 0 spiro atoms. The molecule has 2 atom stereocenters. The first kappa shape index (κ1) is 77.6. The fourth-order valence-corrected chi connectivity index (χ4v) is 17.0. The molecule has 15 rings (SSSR count). The van der Waals surface area contributed by atoms with Gasteiger partial charge in [-0.25, -0.2) is 0 Å². The molecule has 13 aromatic rings. The summed E-state index contributed by atoms with van der Waals surface area (Å²) in [6.45, 7) is 24.9. The Morgan fingerprint density at radius 3 is 0.737 bits per heavy atom. The van der Waals surface area contributed by atoms with E-state index in [4.69, 9.17) is 18.9 Å². The van der Waals surface area contributed by atoms with Crippen LogP contribution in [0.5, 0.6) is 46.0 Å². The van der Waals surface area contributed by atoms with Crippen molar-refractivity contribution < 1.29 is 47.7 Å². The first-order valence-electron chi connectivity index (χ1n) is 39.1. The van der Waals surface area contributed by atoms with Crippen LogP contribution in [0.1, 0.15) is 178 Å². The third-order valence-electron chi connectivity index (χ3n) is 22.2. The van der Waals surface area contributed by atoms with Gasteiger partial charge in [0.25, 0.3) is 35.4 Å². The van der Waals surface area contributed by atoms with Crippen LogP contribution in [0, 0.1) is 27.7 Å². The third kappa shape index (κ3) is 14.2. The summed E-state index contributed by atoms with van der Waals surface area (Å²) < 4.78 is 30.4. The summed E-state index contributed by atoms with van der Waals surface area (Å²) >= 11 is 2.99. The maximum atomic E-state index is 17.0. The van der Waals surface area contributed by atoms with Gasteiger partial charge < -0.3 is 18.9 Å². The van der Waals surface area contributed by atoms with Crippen LogP contribution in [0.25, 0.3) is 43.1 Å². The van der Waals surface area contributed by atoms with Gasteiger partial charge in [-0.1, -0.05) is 177 Å². The van der Waals surface area contributed by atoms with Gasteiger partial charge in [0.05, 0.1) is 22.3 Å². The number of nitrogens with zero attached hydrogens (tertiary/aromatic N) is 4. The van der Waals surface area contributed by atoms with Crippen molar-refractivity contribution in [1.82, 2.24) is 9.80 Å². The third-order valence-corrected chi connectivity index (χ3v) is 23.5. The second-order valence-electron chi connectivity index (χ2n) is 31.1. The summed E-state index contributed by atoms with van der Waals surface area (Å²) in [6, 6.07) is 64.9. The number of para-hydroxylation sites is 4. The van der Waals surface area contributed by atoms with E-state index < -0.39 is 47.5 Å². The molecule has 6 amide bonds. The number of benzene rings is 13. The molecule has 0 saturated heterocycles. The van der Waals surface area contributed by atoms with Gasteiger partial charge in [0.1, 0.15) is 58.1 Å². The van der Waals surface area contributed by atoms with Gasteiger partial charge in [0.15, 0.2) is 0 Å². The molecule has 114 heavy (non-hydrogen) atoms. The highest BCUT2D eigenvalue weighted by Gasteiger charge is 2.48. The standard InChI is InChI=1S/C98H92N4O10S2/c1-55(2)63-35-39-77(59(9)47-63)109-81-51-71-85-72(94(104)101(93(71)103)75(43-45-113-13)97(107)99(67-27-19-15-20-28-67)68-29-21-16-22-30-68)53-83(111-79-41-37-65(57(5)6)49-61(79)11)89-90-84(112-80-42-38-66(58(7)8)50-62(80)12)54-74-86-73(52-82(88(92(86)90)87(81)91(85)89)110-78-40-36-64(56(3)4)48-60(78)10)95(105)102(96(74)106)76(44-46-114-14)98(108)100(69-31-23-17-24-32-69)70-33-25-18-26-34-70/h15-42,47-58,75-76H,43-46H2,1-14H3. The van der Waals surface area contributed by atoms with Crippen LogP contribution in [-0.2, 0) is 9.59 Å². The van der Waals surface area contributed by atoms with Crippen LogP contribution < -0.4 is 28.7 Å². The van der Waals surface area contributed by atoms with Crippen molar-refractivity contribution in [1.29, 1.82) is 0 Å². The van der Waals surface area contributed by atoms with Gasteiger partial charge >= 0.3 is 0 Å². The van der Waals surface area contributed by atoms with Crippen LogP contribution in [-0.4, -0.2) is 81.3 Å². The van der Waals surface area contributed by atoms with Gasteiger partial charge in [0, 0.05) is 65.8 Å². The summed E-state index contributed by atoms with van der Waals surface area (Å²) in [6.07, 6.45) is 4.01. The average Bonchev–Trinajstić information content (AvgIpc) is 0.669. The highest BCUT2D eigenvalue weighted by Crippen LogP contribution is 2.59. The van der Waals surface area contributed by atoms with E-state index in [1.54, 1.807) is 34.1 Å². The second-order valence-corrected chi connectivity index (χ2v) is 33.0. The zero-order valence-corrected chi connectivity index (χ0v) is 68.4. The topological polar surface area (TPSA) is 152 Å². The average molecular weight is 1550 g/mol. The number of rotatable bonds is 26. The number of ether oxygens (including phenoxy) is 4. The van der Waals surface area contributed by atoms with Crippen molar-refractivity contribution in [2.75, 3.05) is 33.8 Å². The Morgan fingerprint density at radius 1 is 0.307 bits per heavy atom. The number of fused-ring (bicyclic) bond motifs is 2. The summed E-state index contributed by atoms with van der Waals surface area (Å²) in [5.74, 6) is -0.384. The summed E-state index contributed by atoms with van der Waals surface area (Å²) in [5, 5.41) is 2.45. The predicted octanol–water partition coefficient (Wildman–Crippen LogP) is 24.8. The van der Waals surface area contributed by atoms with E-state index in [0.717, 1.165) is 54.3 Å². The minimum Gasteiger partial charge on any atom is -0.456 e. The van der Waals surface area contributed by atoms with Crippen LogP contribution in [0.15, 0.2) is 218 Å². The van der Waals surface area contributed by atoms with Crippen LogP contribution in [0.4, 0.5) is 22.7 Å². The van der Waals surface area contributed by atoms with Gasteiger partial charge in [-0.2, -0.15) is 23.5 Å². The molecule has 16 heteroatoms. The number of aryl methyl sites for hydroxylation is 4. The van der Waals surface area contributed by atoms with E-state index in [0.29, 0.717) is 89.6 Å². The minimum absolute atomic E-state index is 0.0502. The molecular weight excluding hydrogens is 1460 g/mol. The number of hydrogen-bond acceptors (Lipinski definition) is 12. The van der Waals surface area contributed by atoms with E-state index in [1.165, 1.54) is 23.5 Å². The lowest BCUT2D eigenvalue weighted by atomic mass is 9.80. The summed E-state index contributed by atoms with van der Waals surface area (Å²) in [5.41, 5.74) is 9.66. The SMILES string of the molecule is CSCCC(C(=O)N(c1ccccc1)c1ccccc1)N1C(=O)c2cc(Oc3ccc(C(C)C)cc3C)c3c4c(Oc5ccc(C(C)C)cc5C)cc5c6c(cc(Oc7ccc(C(C)C)cc7C)c(c7c(Oc8ccc(C(C)C)cc8C)cc(c2c37)C1=O)c64)C(=O)N(C(CCSC)C(=O)N(c1ccccc1)c1ccccc1)C5=O. The molecule has 0 aliphatic carbocycles. The maximum absolute atomic E-state index is 17.0. The molecule has 2 heterocycles. The van der Waals surface area contributed by atoms with Crippen molar-refractivity contribution in [2.45, 2.75) is 132 Å². The fraction of sp³-hybridized carbons (Fsp3) is 0.245. The molecule has 0 aromatic heterocycles. The monoisotopic (exact) mass is 1550 g/mol. The molecule has 0 fully saturated rings. The minimum atomic E-state index is -1.38. The molecule has 0 radical (unpaired) electrons. The Bertz CT molecular complexity index is 5280. The molecule has 13 aromatic carbocycles. The second kappa shape index (κ2) is 32.0. The first-order chi connectivity index (χ1) is 55.0. The van der Waals surface area contributed by atoms with Crippen molar-refractivity contribution in [3.8, 4) is 46.0 Å². The van der Waals surface area contributed by atoms with E-state index in [1.807, 2.05) is 210 Å². The smallest absolute Gasteiger partial charge is 0.262 e. The number of hydrogen-bond donors (Lipinski definition) is 0. The number of imide groups is 2. The normalized spacial score (nSPS) is 13.4. The van der Waals surface area contributed by atoms with Crippen molar-refractivity contribution in [3.05, 3.63) is 285 Å². The lowest BCUT2D eigenvalue weighted by molar-refractivity contribution is -0.122. The molecule has 0 N–H and O–H groups in total. The number of carbonyl (C=O) groups excluding carboxylic acids is 6. The molecule has 2 aliphatic rings. The fourth-order valence-electron chi connectivity index (χ4n) is 16.1. The number of carbonyl (C=O) groups is 6. The quantitative estimate of drug-likeness (QED) is 0.0288. The first-order valence-corrected chi connectivity index (χ1v) is 41.9. The molecule has 14 nitrogen and oxygen atoms in total. The van der Waals surface area contributed by atoms with E-state index in [9.17, 15) is 0 Å². The lowest BCUT2D eigenvalue weighted by Gasteiger charge is -2.37. The van der Waals surface area contributed by atoms with Gasteiger partial charge in [-0.3, -0.25) is 48.4 Å². The maximum Gasteiger partial charge on any atom is 0.262 e. The van der Waals surface area contributed by atoms with Gasteiger partial charge in [-0.15, -0.1) is 0 Å². The van der Waals surface area contributed by atoms with Gasteiger partial charge in [0.2, 0.25) is 0 Å². The Hall–Kier alpha value is -11.7. The van der Waals surface area contributed by atoms with E-state index in [2.05, 4.69) is 79.7 Å². The molecule has 2 unspecified atom stereocenters. The zero-order valence-electron chi connectivity index (χ0n) is 66.8. The lowest BCUT2D eigenvalue weighted by Crippen LogP contribution is -2.54. The van der Waals surface area contributed by atoms with Crippen molar-refractivity contribution >= 4 is 125 Å². The molecule has 0 bridgehead atoms. The number of anilines is 4. The number of thioether (sulfide) groups is 2. The summed E-state index contributed by atoms with van der Waals surface area (Å²) in [7, 11) is 0.